The van der Waals surface area contributed by atoms with Gasteiger partial charge in [-0.05, 0) is 35.6 Å². The van der Waals surface area contributed by atoms with Crippen molar-refractivity contribution in [3.8, 4) is 0 Å². The molecule has 0 aliphatic heterocycles. The lowest BCUT2D eigenvalue weighted by Gasteiger charge is -2.12. The van der Waals surface area contributed by atoms with E-state index in [0.29, 0.717) is 5.92 Å². The topological polar surface area (TPSA) is 17.1 Å². The Bertz CT molecular complexity index is 552. The van der Waals surface area contributed by atoms with Crippen LogP contribution in [0.3, 0.4) is 0 Å². The summed E-state index contributed by atoms with van der Waals surface area (Å²) < 4.78 is 0. The first-order chi connectivity index (χ1) is 8.09. The molecular formula is C16H18O. The SMILES string of the molecule is CC(=O)c1c(CC(C)C)ccc2ccccc12. The first-order valence-corrected chi connectivity index (χ1v) is 6.11. The minimum absolute atomic E-state index is 0.164. The summed E-state index contributed by atoms with van der Waals surface area (Å²) in [5.74, 6) is 0.728. The third kappa shape index (κ3) is 2.38. The molecule has 0 heterocycles. The molecular weight excluding hydrogens is 208 g/mol. The number of Topliss-reactive ketones (excluding diaryl/α,β-unsaturated/α-hetero) is 1. The number of carbonyl (C=O) groups is 1. The fraction of sp³-hybridized carbons (Fsp3) is 0.312. The summed E-state index contributed by atoms with van der Waals surface area (Å²) in [4.78, 5) is 11.9. The molecule has 0 aromatic heterocycles. The first-order valence-electron chi connectivity index (χ1n) is 6.11. The van der Waals surface area contributed by atoms with Crippen LogP contribution in [0, 0.1) is 5.92 Å². The third-order valence-corrected chi connectivity index (χ3v) is 3.00. The lowest BCUT2D eigenvalue weighted by molar-refractivity contribution is 0.101. The van der Waals surface area contributed by atoms with Crippen molar-refractivity contribution in [1.29, 1.82) is 0 Å². The molecule has 0 saturated heterocycles. The van der Waals surface area contributed by atoms with Crippen LogP contribution in [0.1, 0.15) is 36.7 Å². The maximum absolute atomic E-state index is 11.9. The zero-order chi connectivity index (χ0) is 12.4. The molecule has 0 N–H and O–H groups in total. The molecule has 0 saturated carbocycles. The molecule has 0 atom stereocenters. The van der Waals surface area contributed by atoms with Crippen LogP contribution in [0.4, 0.5) is 0 Å². The molecule has 2 rings (SSSR count). The molecule has 0 amide bonds. The van der Waals surface area contributed by atoms with Gasteiger partial charge in [0.05, 0.1) is 0 Å². The number of hydrogen-bond donors (Lipinski definition) is 0. The molecule has 2 aromatic rings. The highest BCUT2D eigenvalue weighted by Crippen LogP contribution is 2.24. The maximum atomic E-state index is 11.9. The minimum Gasteiger partial charge on any atom is -0.294 e. The third-order valence-electron chi connectivity index (χ3n) is 3.00. The molecule has 17 heavy (non-hydrogen) atoms. The van der Waals surface area contributed by atoms with E-state index >= 15 is 0 Å². The highest BCUT2D eigenvalue weighted by Gasteiger charge is 2.12. The fourth-order valence-corrected chi connectivity index (χ4v) is 2.34. The van der Waals surface area contributed by atoms with Crippen molar-refractivity contribution in [3.63, 3.8) is 0 Å². The average molecular weight is 226 g/mol. The molecule has 0 aliphatic carbocycles. The maximum Gasteiger partial charge on any atom is 0.160 e. The van der Waals surface area contributed by atoms with Crippen molar-refractivity contribution in [3.05, 3.63) is 47.5 Å². The number of carbonyl (C=O) groups excluding carboxylic acids is 1. The van der Waals surface area contributed by atoms with Crippen molar-refractivity contribution in [2.45, 2.75) is 27.2 Å². The fourth-order valence-electron chi connectivity index (χ4n) is 2.34. The van der Waals surface area contributed by atoms with Crippen molar-refractivity contribution in [2.75, 3.05) is 0 Å². The van der Waals surface area contributed by atoms with Crippen LogP contribution in [0.2, 0.25) is 0 Å². The summed E-state index contributed by atoms with van der Waals surface area (Å²) in [6.45, 7) is 6.02. The average Bonchev–Trinajstić information content (AvgIpc) is 2.27. The lowest BCUT2D eigenvalue weighted by Crippen LogP contribution is -2.04. The first kappa shape index (κ1) is 11.8. The van der Waals surface area contributed by atoms with E-state index in [1.165, 1.54) is 5.56 Å². The normalized spacial score (nSPS) is 11.1. The molecule has 1 heteroatoms. The molecule has 0 unspecified atom stereocenters. The second-order valence-corrected chi connectivity index (χ2v) is 4.97. The predicted molar refractivity (Wildman–Crippen MR) is 72.5 cm³/mol. The molecule has 88 valence electrons. The van der Waals surface area contributed by atoms with Crippen LogP contribution in [0.25, 0.3) is 10.8 Å². The zero-order valence-electron chi connectivity index (χ0n) is 10.7. The molecule has 1 nitrogen and oxygen atoms in total. The van der Waals surface area contributed by atoms with Gasteiger partial charge in [-0.3, -0.25) is 4.79 Å². The van der Waals surface area contributed by atoms with Crippen LogP contribution in [-0.2, 0) is 6.42 Å². The number of hydrogen-bond acceptors (Lipinski definition) is 1. The minimum atomic E-state index is 0.164. The Kier molecular flexibility index (Phi) is 3.28. The molecule has 0 aliphatic rings. The molecule has 0 radical (unpaired) electrons. The summed E-state index contributed by atoms with van der Waals surface area (Å²) in [6.07, 6.45) is 0.958. The van der Waals surface area contributed by atoms with Crippen LogP contribution >= 0.6 is 0 Å². The van der Waals surface area contributed by atoms with Crippen LogP contribution in [0.5, 0.6) is 0 Å². The van der Waals surface area contributed by atoms with Gasteiger partial charge in [0.25, 0.3) is 0 Å². The van der Waals surface area contributed by atoms with E-state index in [-0.39, 0.29) is 5.78 Å². The van der Waals surface area contributed by atoms with Gasteiger partial charge in [-0.2, -0.15) is 0 Å². The van der Waals surface area contributed by atoms with Crippen LogP contribution in [0.15, 0.2) is 36.4 Å². The Balaban J connectivity index is 2.68. The Morgan fingerprint density at radius 3 is 2.47 bits per heavy atom. The number of rotatable bonds is 3. The standard InChI is InChI=1S/C16H18O/c1-11(2)10-14-9-8-13-6-4-5-7-15(13)16(14)12(3)17/h4-9,11H,10H2,1-3H3. The Labute approximate surface area is 102 Å². The van der Waals surface area contributed by atoms with E-state index < -0.39 is 0 Å². The summed E-state index contributed by atoms with van der Waals surface area (Å²) >= 11 is 0. The van der Waals surface area contributed by atoms with Crippen LogP contribution < -0.4 is 0 Å². The molecule has 0 spiro atoms. The molecule has 0 bridgehead atoms. The lowest BCUT2D eigenvalue weighted by atomic mass is 9.91. The van der Waals surface area contributed by atoms with Crippen molar-refractivity contribution in [1.82, 2.24) is 0 Å². The smallest absolute Gasteiger partial charge is 0.160 e. The van der Waals surface area contributed by atoms with Crippen LogP contribution in [-0.4, -0.2) is 5.78 Å². The van der Waals surface area contributed by atoms with Gasteiger partial charge in [0.15, 0.2) is 5.78 Å². The predicted octanol–water partition coefficient (Wildman–Crippen LogP) is 4.24. The number of ketones is 1. The van der Waals surface area contributed by atoms with Gasteiger partial charge in [-0.25, -0.2) is 0 Å². The van der Waals surface area contributed by atoms with Gasteiger partial charge in [0, 0.05) is 5.56 Å². The van der Waals surface area contributed by atoms with E-state index in [1.54, 1.807) is 6.92 Å². The van der Waals surface area contributed by atoms with Crippen molar-refractivity contribution >= 4 is 16.6 Å². The highest BCUT2D eigenvalue weighted by molar-refractivity contribution is 6.08. The number of benzene rings is 2. The van der Waals surface area contributed by atoms with Gasteiger partial charge in [0.2, 0.25) is 0 Å². The van der Waals surface area contributed by atoms with Gasteiger partial charge in [0.1, 0.15) is 0 Å². The van der Waals surface area contributed by atoms with Gasteiger partial charge >= 0.3 is 0 Å². The number of fused-ring (bicyclic) bond motifs is 1. The van der Waals surface area contributed by atoms with E-state index in [0.717, 1.165) is 22.8 Å². The van der Waals surface area contributed by atoms with E-state index in [9.17, 15) is 4.79 Å². The van der Waals surface area contributed by atoms with Crippen molar-refractivity contribution in [2.24, 2.45) is 5.92 Å². The quantitative estimate of drug-likeness (QED) is 0.715. The van der Waals surface area contributed by atoms with Gasteiger partial charge in [-0.15, -0.1) is 0 Å². The van der Waals surface area contributed by atoms with Gasteiger partial charge in [-0.1, -0.05) is 50.2 Å². The molecule has 2 aromatic carbocycles. The Morgan fingerprint density at radius 2 is 1.82 bits per heavy atom. The highest BCUT2D eigenvalue weighted by atomic mass is 16.1. The monoisotopic (exact) mass is 226 g/mol. The van der Waals surface area contributed by atoms with Crippen molar-refractivity contribution < 1.29 is 4.79 Å². The van der Waals surface area contributed by atoms with Gasteiger partial charge < -0.3 is 0 Å². The zero-order valence-corrected chi connectivity index (χ0v) is 10.7. The second kappa shape index (κ2) is 4.70. The van der Waals surface area contributed by atoms with E-state index in [4.69, 9.17) is 0 Å². The second-order valence-electron chi connectivity index (χ2n) is 4.97. The summed E-state index contributed by atoms with van der Waals surface area (Å²) in [5.41, 5.74) is 2.07. The molecule has 0 fully saturated rings. The largest absolute Gasteiger partial charge is 0.294 e. The summed E-state index contributed by atoms with van der Waals surface area (Å²) in [5, 5.41) is 2.23. The Hall–Kier alpha value is -1.63. The summed E-state index contributed by atoms with van der Waals surface area (Å²) in [7, 11) is 0. The summed E-state index contributed by atoms with van der Waals surface area (Å²) in [6, 6.07) is 12.3. The Morgan fingerprint density at radius 1 is 1.12 bits per heavy atom. The van der Waals surface area contributed by atoms with E-state index in [2.05, 4.69) is 32.0 Å². The van der Waals surface area contributed by atoms with E-state index in [1.807, 2.05) is 18.2 Å².